The fourth-order valence-corrected chi connectivity index (χ4v) is 4.14. The van der Waals surface area contributed by atoms with E-state index in [9.17, 15) is 14.4 Å². The molecule has 2 aliphatic rings. The third-order valence-electron chi connectivity index (χ3n) is 5.31. The molecule has 30 heavy (non-hydrogen) atoms. The summed E-state index contributed by atoms with van der Waals surface area (Å²) in [5.74, 6) is -1.77. The molecule has 1 unspecified atom stereocenters. The number of nitrogens with zero attached hydrogens (tertiary/aromatic N) is 2. The zero-order valence-electron chi connectivity index (χ0n) is 15.7. The van der Waals surface area contributed by atoms with Crippen LogP contribution in [0.2, 0.25) is 5.02 Å². The van der Waals surface area contributed by atoms with Crippen LogP contribution in [0.1, 0.15) is 11.6 Å². The van der Waals surface area contributed by atoms with Gasteiger partial charge in [0.15, 0.2) is 0 Å². The van der Waals surface area contributed by atoms with Gasteiger partial charge < -0.3 is 0 Å². The van der Waals surface area contributed by atoms with Gasteiger partial charge in [0.05, 0.1) is 11.6 Å². The molecule has 0 N–H and O–H groups in total. The van der Waals surface area contributed by atoms with Crippen LogP contribution in [0, 0.1) is 0 Å². The molecule has 2 amide bonds. The van der Waals surface area contributed by atoms with Gasteiger partial charge in [0, 0.05) is 16.4 Å². The summed E-state index contributed by atoms with van der Waals surface area (Å²) >= 11 is 6.04. The third kappa shape index (κ3) is 2.67. The number of anilines is 2. The van der Waals surface area contributed by atoms with E-state index >= 15 is 0 Å². The highest BCUT2D eigenvalue weighted by Gasteiger charge is 2.54. The van der Waals surface area contributed by atoms with Gasteiger partial charge in [-0.15, -0.1) is 0 Å². The molecule has 2 heterocycles. The summed E-state index contributed by atoms with van der Waals surface area (Å²) < 4.78 is 0. The van der Waals surface area contributed by atoms with Gasteiger partial charge in [-0.2, -0.15) is 0 Å². The molecule has 0 bridgehead atoms. The van der Waals surface area contributed by atoms with E-state index in [2.05, 4.69) is 0 Å². The van der Waals surface area contributed by atoms with Crippen molar-refractivity contribution in [1.29, 1.82) is 0 Å². The zero-order chi connectivity index (χ0) is 20.8. The van der Waals surface area contributed by atoms with Crippen molar-refractivity contribution in [2.75, 3.05) is 9.80 Å². The first-order chi connectivity index (χ1) is 14.6. The lowest BCUT2D eigenvalue weighted by molar-refractivity contribution is -0.133. The quantitative estimate of drug-likeness (QED) is 0.600. The van der Waals surface area contributed by atoms with Crippen molar-refractivity contribution in [3.63, 3.8) is 0 Å². The summed E-state index contributed by atoms with van der Waals surface area (Å²) in [7, 11) is 0. The fourth-order valence-electron chi connectivity index (χ4n) is 4.01. The molecule has 1 atom stereocenters. The van der Waals surface area contributed by atoms with Crippen LogP contribution in [0.4, 0.5) is 11.4 Å². The number of halogens is 1. The Morgan fingerprint density at radius 1 is 0.667 bits per heavy atom. The number of carbonyl (C=O) groups excluding carboxylic acids is 3. The van der Waals surface area contributed by atoms with Crippen LogP contribution in [-0.4, -0.2) is 17.6 Å². The normalized spacial score (nSPS) is 18.4. The van der Waals surface area contributed by atoms with Crippen molar-refractivity contribution >= 4 is 40.6 Å². The van der Waals surface area contributed by atoms with E-state index in [1.807, 2.05) is 36.4 Å². The molecule has 3 aromatic rings. The van der Waals surface area contributed by atoms with Crippen molar-refractivity contribution in [2.45, 2.75) is 6.04 Å². The Hall–Kier alpha value is -3.70. The average molecular weight is 415 g/mol. The van der Waals surface area contributed by atoms with Crippen molar-refractivity contribution in [2.24, 2.45) is 0 Å². The molecule has 146 valence electrons. The number of Topliss-reactive ketones (excluding diaryl/α,β-unsaturated/α-hetero) is 1. The Kier molecular flexibility index (Phi) is 4.26. The molecule has 0 aliphatic carbocycles. The lowest BCUT2D eigenvalue weighted by atomic mass is 9.97. The molecule has 0 radical (unpaired) electrons. The summed E-state index contributed by atoms with van der Waals surface area (Å²) in [4.78, 5) is 42.4. The lowest BCUT2D eigenvalue weighted by Gasteiger charge is -2.28. The minimum Gasteiger partial charge on any atom is -0.295 e. The minimum absolute atomic E-state index is 0.111. The number of carbonyl (C=O) groups is 3. The standard InChI is InChI=1S/C24H15ClN2O3/c25-16-13-11-15(12-14-16)20-19-21(23(29)26(20)17-7-3-1-4-8-17)27(24(30)22(19)28)18-9-5-2-6-10-18/h1-14,20H. The number of para-hydroxylation sites is 2. The number of amides is 2. The molecule has 0 saturated heterocycles. The lowest BCUT2D eigenvalue weighted by Crippen LogP contribution is -2.40. The fraction of sp³-hybridized carbons (Fsp3) is 0.0417. The van der Waals surface area contributed by atoms with E-state index in [0.29, 0.717) is 22.0 Å². The summed E-state index contributed by atoms with van der Waals surface area (Å²) in [6.07, 6.45) is 0. The summed E-state index contributed by atoms with van der Waals surface area (Å²) in [5, 5.41) is 0.545. The largest absolute Gasteiger partial charge is 0.303 e. The first-order valence-electron chi connectivity index (χ1n) is 9.40. The molecule has 0 fully saturated rings. The van der Waals surface area contributed by atoms with Gasteiger partial charge in [-0.3, -0.25) is 24.2 Å². The van der Waals surface area contributed by atoms with Crippen LogP contribution in [0.5, 0.6) is 0 Å². The highest BCUT2D eigenvalue weighted by Crippen LogP contribution is 2.46. The van der Waals surface area contributed by atoms with E-state index < -0.39 is 17.7 Å². The Morgan fingerprint density at radius 3 is 1.83 bits per heavy atom. The van der Waals surface area contributed by atoms with Gasteiger partial charge in [0.1, 0.15) is 5.70 Å². The van der Waals surface area contributed by atoms with E-state index in [-0.39, 0.29) is 17.2 Å². The van der Waals surface area contributed by atoms with Crippen molar-refractivity contribution in [3.8, 4) is 0 Å². The van der Waals surface area contributed by atoms with E-state index in [0.717, 1.165) is 0 Å². The zero-order valence-corrected chi connectivity index (χ0v) is 16.4. The monoisotopic (exact) mass is 414 g/mol. The Balaban J connectivity index is 1.72. The second kappa shape index (κ2) is 6.97. The molecular formula is C24H15ClN2O3. The topological polar surface area (TPSA) is 57.7 Å². The van der Waals surface area contributed by atoms with Gasteiger partial charge in [0.25, 0.3) is 11.7 Å². The number of hydrogen-bond donors (Lipinski definition) is 0. The first kappa shape index (κ1) is 18.3. The minimum atomic E-state index is -0.716. The maximum atomic E-state index is 13.6. The van der Waals surface area contributed by atoms with Crippen LogP contribution < -0.4 is 9.80 Å². The van der Waals surface area contributed by atoms with Crippen LogP contribution in [0.15, 0.2) is 96.2 Å². The molecule has 0 spiro atoms. The summed E-state index contributed by atoms with van der Waals surface area (Å²) in [6, 6.07) is 24.1. The molecular weight excluding hydrogens is 400 g/mol. The molecule has 6 heteroatoms. The first-order valence-corrected chi connectivity index (χ1v) is 9.78. The Morgan fingerprint density at radius 2 is 1.23 bits per heavy atom. The molecule has 3 aromatic carbocycles. The summed E-state index contributed by atoms with van der Waals surface area (Å²) in [6.45, 7) is 0. The number of benzene rings is 3. The molecule has 0 saturated carbocycles. The van der Waals surface area contributed by atoms with Gasteiger partial charge in [0.2, 0.25) is 0 Å². The number of hydrogen-bond acceptors (Lipinski definition) is 3. The number of rotatable bonds is 3. The second-order valence-electron chi connectivity index (χ2n) is 7.03. The maximum Gasteiger partial charge on any atom is 0.303 e. The maximum absolute atomic E-state index is 13.6. The van der Waals surface area contributed by atoms with Gasteiger partial charge in [-0.1, -0.05) is 60.1 Å². The van der Waals surface area contributed by atoms with Crippen molar-refractivity contribution in [1.82, 2.24) is 0 Å². The molecule has 5 nitrogen and oxygen atoms in total. The van der Waals surface area contributed by atoms with E-state index in [4.69, 9.17) is 11.6 Å². The Labute approximate surface area is 177 Å². The predicted molar refractivity (Wildman–Crippen MR) is 114 cm³/mol. The van der Waals surface area contributed by atoms with Crippen LogP contribution >= 0.6 is 11.6 Å². The number of ketones is 1. The van der Waals surface area contributed by atoms with Gasteiger partial charge >= 0.3 is 5.91 Å². The molecule has 2 aliphatic heterocycles. The van der Waals surface area contributed by atoms with Crippen molar-refractivity contribution in [3.05, 3.63) is 107 Å². The van der Waals surface area contributed by atoms with Gasteiger partial charge in [-0.25, -0.2) is 0 Å². The van der Waals surface area contributed by atoms with Crippen molar-refractivity contribution < 1.29 is 14.4 Å². The average Bonchev–Trinajstić information content (AvgIpc) is 3.21. The molecule has 5 rings (SSSR count). The second-order valence-corrected chi connectivity index (χ2v) is 7.47. The van der Waals surface area contributed by atoms with Crippen LogP contribution in [0.25, 0.3) is 0 Å². The highest BCUT2D eigenvalue weighted by atomic mass is 35.5. The SMILES string of the molecule is O=C1C(=O)N(c2ccccc2)C2=C1C(c1ccc(Cl)cc1)N(c1ccccc1)C2=O. The third-order valence-corrected chi connectivity index (χ3v) is 5.56. The molecule has 0 aromatic heterocycles. The smallest absolute Gasteiger partial charge is 0.295 e. The predicted octanol–water partition coefficient (Wildman–Crippen LogP) is 4.30. The van der Waals surface area contributed by atoms with Crippen LogP contribution in [-0.2, 0) is 14.4 Å². The van der Waals surface area contributed by atoms with E-state index in [1.54, 1.807) is 53.4 Å². The highest BCUT2D eigenvalue weighted by molar-refractivity contribution is 6.54. The van der Waals surface area contributed by atoms with E-state index in [1.165, 1.54) is 4.90 Å². The summed E-state index contributed by atoms with van der Waals surface area (Å²) in [5.41, 5.74) is 2.14. The Bertz CT molecular complexity index is 1200. The van der Waals surface area contributed by atoms with Gasteiger partial charge in [-0.05, 0) is 42.0 Å². The van der Waals surface area contributed by atoms with Crippen LogP contribution in [0.3, 0.4) is 0 Å².